The summed E-state index contributed by atoms with van der Waals surface area (Å²) < 4.78 is 18.6. The van der Waals surface area contributed by atoms with Crippen LogP contribution in [-0.4, -0.2) is 36.0 Å². The van der Waals surface area contributed by atoms with Gasteiger partial charge in [0.1, 0.15) is 17.4 Å². The Morgan fingerprint density at radius 1 is 1.42 bits per heavy atom. The Labute approximate surface area is 140 Å². The summed E-state index contributed by atoms with van der Waals surface area (Å²) in [7, 11) is 1.82. The molecular formula is C18H20FN3O2. The second-order valence-electron chi connectivity index (χ2n) is 5.72. The van der Waals surface area contributed by atoms with Crippen LogP contribution < -0.4 is 10.1 Å². The lowest BCUT2D eigenvalue weighted by Crippen LogP contribution is -2.34. The third kappa shape index (κ3) is 3.64. The second-order valence-corrected chi connectivity index (χ2v) is 5.72. The quantitative estimate of drug-likeness (QED) is 0.916. The van der Waals surface area contributed by atoms with Crippen LogP contribution >= 0.6 is 0 Å². The zero-order valence-corrected chi connectivity index (χ0v) is 13.5. The maximum atomic E-state index is 13.2. The van der Waals surface area contributed by atoms with Crippen molar-refractivity contribution in [2.24, 2.45) is 0 Å². The van der Waals surface area contributed by atoms with Gasteiger partial charge in [-0.05, 0) is 42.7 Å². The zero-order valence-electron chi connectivity index (χ0n) is 13.5. The summed E-state index contributed by atoms with van der Waals surface area (Å²) in [5, 5.41) is 3.01. The number of amides is 1. The Kier molecular flexibility index (Phi) is 4.93. The van der Waals surface area contributed by atoms with Gasteiger partial charge in [-0.2, -0.15) is 0 Å². The van der Waals surface area contributed by atoms with Crippen LogP contribution in [-0.2, 0) is 4.79 Å². The first kappa shape index (κ1) is 16.2. The van der Waals surface area contributed by atoms with Crippen LogP contribution in [0.1, 0.15) is 24.4 Å². The number of hydrogen-bond acceptors (Lipinski definition) is 4. The van der Waals surface area contributed by atoms with E-state index in [4.69, 9.17) is 4.74 Å². The second kappa shape index (κ2) is 7.29. The standard InChI is InChI=1S/C18H20FN3O2/c1-20-17-10-13(7-8-21-17)16-6-3-9-22(16)18(23)12-24-15-5-2-4-14(19)11-15/h2,4-5,7-8,10-11,16H,3,6,9,12H2,1H3,(H,20,21). The zero-order chi connectivity index (χ0) is 16.9. The third-order valence-electron chi connectivity index (χ3n) is 4.16. The maximum absolute atomic E-state index is 13.2. The van der Waals surface area contributed by atoms with Gasteiger partial charge in [0.05, 0.1) is 6.04 Å². The van der Waals surface area contributed by atoms with E-state index in [1.165, 1.54) is 12.1 Å². The van der Waals surface area contributed by atoms with Crippen molar-refractivity contribution < 1.29 is 13.9 Å². The average Bonchev–Trinajstić information content (AvgIpc) is 3.09. The van der Waals surface area contributed by atoms with Gasteiger partial charge in [0.2, 0.25) is 0 Å². The van der Waals surface area contributed by atoms with E-state index >= 15 is 0 Å². The normalized spacial score (nSPS) is 16.9. The molecular weight excluding hydrogens is 309 g/mol. The van der Waals surface area contributed by atoms with Crippen molar-refractivity contribution in [3.63, 3.8) is 0 Å². The fourth-order valence-corrected chi connectivity index (χ4v) is 2.99. The van der Waals surface area contributed by atoms with Crippen LogP contribution in [0.15, 0.2) is 42.6 Å². The monoisotopic (exact) mass is 329 g/mol. The average molecular weight is 329 g/mol. The largest absolute Gasteiger partial charge is 0.484 e. The summed E-state index contributed by atoms with van der Waals surface area (Å²) in [5.74, 6) is 0.670. The van der Waals surface area contributed by atoms with Gasteiger partial charge in [-0.1, -0.05) is 6.07 Å². The van der Waals surface area contributed by atoms with Crippen LogP contribution in [0.2, 0.25) is 0 Å². The molecule has 1 saturated heterocycles. The number of carbonyl (C=O) groups is 1. The van der Waals surface area contributed by atoms with Crippen molar-refractivity contribution in [2.45, 2.75) is 18.9 Å². The number of carbonyl (C=O) groups excluding carboxylic acids is 1. The number of aromatic nitrogens is 1. The number of halogens is 1. The Bertz CT molecular complexity index is 723. The number of rotatable bonds is 5. The smallest absolute Gasteiger partial charge is 0.261 e. The van der Waals surface area contributed by atoms with E-state index in [9.17, 15) is 9.18 Å². The molecule has 1 aromatic carbocycles. The Morgan fingerprint density at radius 3 is 3.08 bits per heavy atom. The molecule has 1 N–H and O–H groups in total. The van der Waals surface area contributed by atoms with Gasteiger partial charge in [0, 0.05) is 25.9 Å². The van der Waals surface area contributed by atoms with Gasteiger partial charge in [0.25, 0.3) is 5.91 Å². The van der Waals surface area contributed by atoms with Crippen LogP contribution in [0.5, 0.6) is 5.75 Å². The molecule has 2 aromatic rings. The lowest BCUT2D eigenvalue weighted by Gasteiger charge is -2.25. The number of nitrogens with zero attached hydrogens (tertiary/aromatic N) is 2. The molecule has 0 aliphatic carbocycles. The SMILES string of the molecule is CNc1cc(C2CCCN2C(=O)COc2cccc(F)c2)ccn1. The predicted molar refractivity (Wildman–Crippen MR) is 89.4 cm³/mol. The van der Waals surface area contributed by atoms with Gasteiger partial charge < -0.3 is 15.0 Å². The summed E-state index contributed by atoms with van der Waals surface area (Å²) in [6.07, 6.45) is 3.61. The highest BCUT2D eigenvalue weighted by Crippen LogP contribution is 2.32. The maximum Gasteiger partial charge on any atom is 0.261 e. The molecule has 1 aliphatic heterocycles. The number of pyridine rings is 1. The fraction of sp³-hybridized carbons (Fsp3) is 0.333. The summed E-state index contributed by atoms with van der Waals surface area (Å²) in [5.41, 5.74) is 1.06. The van der Waals surface area contributed by atoms with E-state index in [0.717, 1.165) is 24.2 Å². The Hall–Kier alpha value is -2.63. The van der Waals surface area contributed by atoms with Gasteiger partial charge in [-0.3, -0.25) is 4.79 Å². The topological polar surface area (TPSA) is 54.5 Å². The van der Waals surface area contributed by atoms with Gasteiger partial charge in [0.15, 0.2) is 6.61 Å². The molecule has 3 rings (SSSR count). The number of hydrogen-bond donors (Lipinski definition) is 1. The number of benzene rings is 1. The van der Waals surface area contributed by atoms with Gasteiger partial charge in [-0.25, -0.2) is 9.37 Å². The molecule has 5 nitrogen and oxygen atoms in total. The first-order chi connectivity index (χ1) is 11.7. The van der Waals surface area contributed by atoms with Crippen molar-refractivity contribution in [2.75, 3.05) is 25.5 Å². The molecule has 1 unspecified atom stereocenters. The van der Waals surface area contributed by atoms with E-state index in [2.05, 4.69) is 10.3 Å². The first-order valence-corrected chi connectivity index (χ1v) is 7.99. The van der Waals surface area contributed by atoms with Crippen molar-refractivity contribution in [3.05, 3.63) is 54.0 Å². The molecule has 6 heteroatoms. The van der Waals surface area contributed by atoms with Crippen LogP contribution in [0.3, 0.4) is 0 Å². The summed E-state index contributed by atoms with van der Waals surface area (Å²) in [6.45, 7) is 0.608. The molecule has 1 aliphatic rings. The van der Waals surface area contributed by atoms with Gasteiger partial charge >= 0.3 is 0 Å². The molecule has 1 fully saturated rings. The van der Waals surface area contributed by atoms with E-state index in [0.29, 0.717) is 12.3 Å². The highest BCUT2D eigenvalue weighted by Gasteiger charge is 2.30. The number of nitrogens with one attached hydrogen (secondary N) is 1. The molecule has 1 atom stereocenters. The molecule has 0 saturated carbocycles. The molecule has 1 aromatic heterocycles. The van der Waals surface area contributed by atoms with Crippen molar-refractivity contribution >= 4 is 11.7 Å². The minimum atomic E-state index is -0.379. The van der Waals surface area contributed by atoms with Crippen molar-refractivity contribution in [1.29, 1.82) is 0 Å². The van der Waals surface area contributed by atoms with E-state index in [1.807, 2.05) is 24.1 Å². The molecule has 0 bridgehead atoms. The summed E-state index contributed by atoms with van der Waals surface area (Å²) in [4.78, 5) is 18.6. The summed E-state index contributed by atoms with van der Waals surface area (Å²) >= 11 is 0. The molecule has 24 heavy (non-hydrogen) atoms. The third-order valence-corrected chi connectivity index (χ3v) is 4.16. The molecule has 0 radical (unpaired) electrons. The highest BCUT2D eigenvalue weighted by molar-refractivity contribution is 5.78. The Balaban J connectivity index is 1.67. The van der Waals surface area contributed by atoms with Crippen LogP contribution in [0, 0.1) is 5.82 Å². The fourth-order valence-electron chi connectivity index (χ4n) is 2.99. The van der Waals surface area contributed by atoms with Crippen molar-refractivity contribution in [3.8, 4) is 5.75 Å². The van der Waals surface area contributed by atoms with E-state index < -0.39 is 0 Å². The number of likely N-dealkylation sites (tertiary alicyclic amines) is 1. The minimum Gasteiger partial charge on any atom is -0.484 e. The first-order valence-electron chi connectivity index (χ1n) is 7.99. The molecule has 1 amide bonds. The summed E-state index contributed by atoms with van der Waals surface area (Å²) in [6, 6.07) is 9.74. The minimum absolute atomic E-state index is 0.0312. The lowest BCUT2D eigenvalue weighted by atomic mass is 10.1. The Morgan fingerprint density at radius 2 is 2.29 bits per heavy atom. The van der Waals surface area contributed by atoms with Gasteiger partial charge in [-0.15, -0.1) is 0 Å². The molecule has 2 heterocycles. The number of ether oxygens (including phenoxy) is 1. The van der Waals surface area contributed by atoms with Crippen LogP contribution in [0.4, 0.5) is 10.2 Å². The number of anilines is 1. The lowest BCUT2D eigenvalue weighted by molar-refractivity contribution is -0.134. The molecule has 126 valence electrons. The van der Waals surface area contributed by atoms with E-state index in [-0.39, 0.29) is 24.4 Å². The highest BCUT2D eigenvalue weighted by atomic mass is 19.1. The molecule has 0 spiro atoms. The van der Waals surface area contributed by atoms with Crippen LogP contribution in [0.25, 0.3) is 0 Å². The predicted octanol–water partition coefficient (Wildman–Crippen LogP) is 3.00. The van der Waals surface area contributed by atoms with E-state index in [1.54, 1.807) is 18.3 Å². The van der Waals surface area contributed by atoms with Crippen molar-refractivity contribution in [1.82, 2.24) is 9.88 Å².